The van der Waals surface area contributed by atoms with Gasteiger partial charge in [-0.2, -0.15) is 0 Å². The summed E-state index contributed by atoms with van der Waals surface area (Å²) in [6.45, 7) is 2.38. The first-order chi connectivity index (χ1) is 6.15. The Hall–Kier alpha value is -0.610. The average molecular weight is 185 g/mol. The number of hydrogen-bond donors (Lipinski definition) is 3. The van der Waals surface area contributed by atoms with Gasteiger partial charge >= 0.3 is 0 Å². The van der Waals surface area contributed by atoms with Crippen molar-refractivity contribution in [3.8, 4) is 0 Å². The Morgan fingerprint density at radius 1 is 1.62 bits per heavy atom. The summed E-state index contributed by atoms with van der Waals surface area (Å²) in [6.07, 6.45) is 2.95. The quantitative estimate of drug-likeness (QED) is 0.558. The molecule has 0 radical (unpaired) electrons. The molecule has 1 amide bonds. The van der Waals surface area contributed by atoms with Gasteiger partial charge in [0.15, 0.2) is 0 Å². The molecule has 5 N–H and O–H groups in total. The third kappa shape index (κ3) is 2.67. The molecule has 4 nitrogen and oxygen atoms in total. The molecule has 76 valence electrons. The molecule has 13 heavy (non-hydrogen) atoms. The molecule has 1 saturated carbocycles. The van der Waals surface area contributed by atoms with Crippen LogP contribution in [-0.2, 0) is 4.79 Å². The minimum Gasteiger partial charge on any atom is -0.352 e. The summed E-state index contributed by atoms with van der Waals surface area (Å²) in [6, 6.07) is 0.102. The number of nitrogens with two attached hydrogens (primary N) is 2. The lowest BCUT2D eigenvalue weighted by Gasteiger charge is -2.18. The van der Waals surface area contributed by atoms with E-state index in [-0.39, 0.29) is 23.9 Å². The molecule has 2 unspecified atom stereocenters. The Bertz CT molecular complexity index is 184. The number of rotatable bonds is 3. The molecule has 0 spiro atoms. The molecule has 1 aliphatic carbocycles. The normalized spacial score (nSPS) is 30.1. The van der Waals surface area contributed by atoms with Gasteiger partial charge in [-0.1, -0.05) is 6.42 Å². The van der Waals surface area contributed by atoms with E-state index in [0.717, 1.165) is 19.3 Å². The van der Waals surface area contributed by atoms with Crippen molar-refractivity contribution >= 4 is 5.91 Å². The first-order valence-corrected chi connectivity index (χ1v) is 4.91. The summed E-state index contributed by atoms with van der Waals surface area (Å²) in [5, 5.41) is 2.86. The van der Waals surface area contributed by atoms with Crippen LogP contribution in [-0.4, -0.2) is 24.5 Å². The van der Waals surface area contributed by atoms with Crippen molar-refractivity contribution in [1.82, 2.24) is 5.32 Å². The lowest BCUT2D eigenvalue weighted by atomic mass is 10.0. The van der Waals surface area contributed by atoms with Crippen molar-refractivity contribution in [3.63, 3.8) is 0 Å². The van der Waals surface area contributed by atoms with E-state index in [4.69, 9.17) is 11.5 Å². The van der Waals surface area contributed by atoms with E-state index in [9.17, 15) is 4.79 Å². The van der Waals surface area contributed by atoms with Crippen molar-refractivity contribution < 1.29 is 4.79 Å². The van der Waals surface area contributed by atoms with E-state index in [2.05, 4.69) is 5.32 Å². The summed E-state index contributed by atoms with van der Waals surface area (Å²) in [5.74, 6) is 0.0805. The van der Waals surface area contributed by atoms with E-state index in [0.29, 0.717) is 6.54 Å². The number of carbonyl (C=O) groups excluding carboxylic acids is 1. The molecule has 1 rings (SSSR count). The Balaban J connectivity index is 2.38. The first kappa shape index (κ1) is 10.5. The Morgan fingerprint density at radius 3 is 2.77 bits per heavy atom. The maximum absolute atomic E-state index is 11.6. The Kier molecular flexibility index (Phi) is 3.69. The number of hydrogen-bond acceptors (Lipinski definition) is 3. The maximum atomic E-state index is 11.6. The Morgan fingerprint density at radius 2 is 2.31 bits per heavy atom. The van der Waals surface area contributed by atoms with Crippen molar-refractivity contribution in [3.05, 3.63) is 0 Å². The van der Waals surface area contributed by atoms with Crippen LogP contribution >= 0.6 is 0 Å². The second-order valence-corrected chi connectivity index (χ2v) is 3.85. The predicted molar refractivity (Wildman–Crippen MR) is 52.0 cm³/mol. The smallest absolute Gasteiger partial charge is 0.224 e. The van der Waals surface area contributed by atoms with Gasteiger partial charge in [0, 0.05) is 18.6 Å². The molecule has 1 fully saturated rings. The van der Waals surface area contributed by atoms with Gasteiger partial charge < -0.3 is 16.8 Å². The molecule has 3 atom stereocenters. The Labute approximate surface area is 79.0 Å². The summed E-state index contributed by atoms with van der Waals surface area (Å²) >= 11 is 0. The van der Waals surface area contributed by atoms with Crippen LogP contribution in [0, 0.1) is 5.92 Å². The number of amides is 1. The number of nitrogens with one attached hydrogen (secondary N) is 1. The van der Waals surface area contributed by atoms with Gasteiger partial charge in [0.1, 0.15) is 0 Å². The fourth-order valence-corrected chi connectivity index (χ4v) is 1.72. The molecule has 4 heteroatoms. The molecule has 0 aliphatic heterocycles. The van der Waals surface area contributed by atoms with Gasteiger partial charge in [-0.25, -0.2) is 0 Å². The highest BCUT2D eigenvalue weighted by Crippen LogP contribution is 2.23. The van der Waals surface area contributed by atoms with Crippen LogP contribution in [0.25, 0.3) is 0 Å². The zero-order valence-corrected chi connectivity index (χ0v) is 8.12. The summed E-state index contributed by atoms with van der Waals surface area (Å²) in [7, 11) is 0. The molecule has 0 aromatic rings. The van der Waals surface area contributed by atoms with E-state index in [1.54, 1.807) is 0 Å². The highest BCUT2D eigenvalue weighted by Gasteiger charge is 2.30. The highest BCUT2D eigenvalue weighted by molar-refractivity contribution is 5.80. The first-order valence-electron chi connectivity index (χ1n) is 4.91. The molecule has 0 heterocycles. The molecular formula is C9H19N3O. The minimum absolute atomic E-state index is 0.00833. The zero-order valence-electron chi connectivity index (χ0n) is 8.12. The van der Waals surface area contributed by atoms with Gasteiger partial charge in [0.2, 0.25) is 5.91 Å². The van der Waals surface area contributed by atoms with Crippen LogP contribution in [0.1, 0.15) is 26.2 Å². The van der Waals surface area contributed by atoms with Gasteiger partial charge in [0.25, 0.3) is 0 Å². The largest absolute Gasteiger partial charge is 0.352 e. The fourth-order valence-electron chi connectivity index (χ4n) is 1.72. The molecular weight excluding hydrogens is 166 g/mol. The van der Waals surface area contributed by atoms with Crippen LogP contribution in [0.15, 0.2) is 0 Å². The predicted octanol–water partition coefficient (Wildman–Crippen LogP) is -0.423. The zero-order chi connectivity index (χ0) is 9.84. The van der Waals surface area contributed by atoms with Gasteiger partial charge in [-0.3, -0.25) is 4.79 Å². The summed E-state index contributed by atoms with van der Waals surface area (Å²) in [4.78, 5) is 11.6. The maximum Gasteiger partial charge on any atom is 0.224 e. The van der Waals surface area contributed by atoms with Crippen molar-refractivity contribution in [2.24, 2.45) is 17.4 Å². The van der Waals surface area contributed by atoms with Crippen molar-refractivity contribution in [2.75, 3.05) is 6.54 Å². The molecule has 1 aliphatic rings. The molecule has 0 aromatic carbocycles. The third-order valence-corrected chi connectivity index (χ3v) is 2.65. The monoisotopic (exact) mass is 185 g/mol. The second-order valence-electron chi connectivity index (χ2n) is 3.85. The standard InChI is InChI=1S/C9H19N3O/c1-6(5-10)12-9(13)7-3-2-4-8(7)11/h6-8H,2-5,10-11H2,1H3,(H,12,13)/t6-,7?,8?/m1/s1. The second kappa shape index (κ2) is 4.58. The topological polar surface area (TPSA) is 81.1 Å². The summed E-state index contributed by atoms with van der Waals surface area (Å²) in [5.41, 5.74) is 11.2. The minimum atomic E-state index is 0.00833. The highest BCUT2D eigenvalue weighted by atomic mass is 16.2. The lowest BCUT2D eigenvalue weighted by Crippen LogP contribution is -2.44. The fraction of sp³-hybridized carbons (Fsp3) is 0.889. The van der Waals surface area contributed by atoms with Crippen LogP contribution in [0.5, 0.6) is 0 Å². The van der Waals surface area contributed by atoms with Crippen molar-refractivity contribution in [1.29, 1.82) is 0 Å². The number of carbonyl (C=O) groups is 1. The van der Waals surface area contributed by atoms with Gasteiger partial charge in [0.05, 0.1) is 5.92 Å². The van der Waals surface area contributed by atoms with Crippen LogP contribution in [0.4, 0.5) is 0 Å². The lowest BCUT2D eigenvalue weighted by molar-refractivity contribution is -0.125. The van der Waals surface area contributed by atoms with Crippen molar-refractivity contribution in [2.45, 2.75) is 38.3 Å². The van der Waals surface area contributed by atoms with Crippen LogP contribution < -0.4 is 16.8 Å². The van der Waals surface area contributed by atoms with Crippen LogP contribution in [0.2, 0.25) is 0 Å². The van der Waals surface area contributed by atoms with E-state index in [1.807, 2.05) is 6.92 Å². The van der Waals surface area contributed by atoms with Crippen LogP contribution in [0.3, 0.4) is 0 Å². The van der Waals surface area contributed by atoms with E-state index >= 15 is 0 Å². The average Bonchev–Trinajstić information content (AvgIpc) is 2.51. The van der Waals surface area contributed by atoms with E-state index < -0.39 is 0 Å². The molecule has 0 aromatic heterocycles. The molecule has 0 bridgehead atoms. The molecule has 0 saturated heterocycles. The van der Waals surface area contributed by atoms with E-state index in [1.165, 1.54) is 0 Å². The third-order valence-electron chi connectivity index (χ3n) is 2.65. The van der Waals surface area contributed by atoms with Gasteiger partial charge in [-0.05, 0) is 19.8 Å². The summed E-state index contributed by atoms with van der Waals surface area (Å²) < 4.78 is 0. The SMILES string of the molecule is C[C@H](CN)NC(=O)C1CCCC1N. The van der Waals surface area contributed by atoms with Gasteiger partial charge in [-0.15, -0.1) is 0 Å².